The maximum absolute atomic E-state index is 6.22. The van der Waals surface area contributed by atoms with Crippen molar-refractivity contribution in [3.8, 4) is 17.2 Å². The molecule has 0 aromatic heterocycles. The Morgan fingerprint density at radius 2 is 0.971 bits per heavy atom. The Bertz CT molecular complexity index is 1470. The van der Waals surface area contributed by atoms with Crippen LogP contribution >= 0.6 is 0 Å². The van der Waals surface area contributed by atoms with Gasteiger partial charge in [0.1, 0.15) is 5.76 Å². The maximum Gasteiger partial charge on any atom is 0.156 e. The minimum absolute atomic E-state index is 0.828. The van der Waals surface area contributed by atoms with Crippen molar-refractivity contribution in [2.24, 2.45) is 0 Å². The van der Waals surface area contributed by atoms with Crippen LogP contribution in [-0.2, 0) is 0 Å². The fraction of sp³-hybridized carbons (Fsp3) is 0. The van der Waals surface area contributed by atoms with Gasteiger partial charge in [-0.1, -0.05) is 54.6 Å². The predicted molar refractivity (Wildman–Crippen MR) is 140 cm³/mol. The average Bonchev–Trinajstić information content (AvgIpc) is 3.16. The molecule has 0 fully saturated rings. The molecule has 0 spiro atoms. The van der Waals surface area contributed by atoms with E-state index in [2.05, 4.69) is 58.3 Å². The van der Waals surface area contributed by atoms with Gasteiger partial charge < -0.3 is 19.3 Å². The van der Waals surface area contributed by atoms with E-state index in [1.807, 2.05) is 78.9 Å². The van der Waals surface area contributed by atoms with Gasteiger partial charge in [-0.25, -0.2) is 0 Å². The molecule has 4 nitrogen and oxygen atoms in total. The SMILES string of the molecule is C1=CC=C2Oc3ccccc3N(c3ccc(N4c5ccccc5Oc5ccccc54)cc3)[C]2C=C1. The molecule has 3 aliphatic rings. The van der Waals surface area contributed by atoms with E-state index >= 15 is 0 Å². The number of fused-ring (bicyclic) bond motifs is 4. The lowest BCUT2D eigenvalue weighted by Gasteiger charge is -2.38. The number of para-hydroxylation sites is 6. The van der Waals surface area contributed by atoms with Gasteiger partial charge in [0.15, 0.2) is 23.3 Å². The first-order valence-corrected chi connectivity index (χ1v) is 11.6. The smallest absolute Gasteiger partial charge is 0.156 e. The second kappa shape index (κ2) is 7.96. The number of hydrogen-bond donors (Lipinski definition) is 0. The lowest BCUT2D eigenvalue weighted by Crippen LogP contribution is -2.30. The molecular formula is C31H21N2O2. The topological polar surface area (TPSA) is 24.9 Å². The van der Waals surface area contributed by atoms with Gasteiger partial charge in [-0.15, -0.1) is 0 Å². The monoisotopic (exact) mass is 453 g/mol. The number of benzene rings is 4. The van der Waals surface area contributed by atoms with Crippen LogP contribution in [0.15, 0.2) is 133 Å². The summed E-state index contributed by atoms with van der Waals surface area (Å²) in [4.78, 5) is 4.50. The highest BCUT2D eigenvalue weighted by atomic mass is 16.5. The highest BCUT2D eigenvalue weighted by molar-refractivity contribution is 5.87. The number of rotatable bonds is 2. The molecule has 0 amide bonds. The van der Waals surface area contributed by atoms with Gasteiger partial charge in [0, 0.05) is 11.4 Å². The Hall–Kier alpha value is -4.70. The zero-order chi connectivity index (χ0) is 23.2. The van der Waals surface area contributed by atoms with Crippen molar-refractivity contribution in [2.45, 2.75) is 0 Å². The Morgan fingerprint density at radius 3 is 1.60 bits per heavy atom. The first kappa shape index (κ1) is 19.7. The Balaban J connectivity index is 1.33. The number of ether oxygens (including phenoxy) is 2. The van der Waals surface area contributed by atoms with E-state index in [1.165, 1.54) is 0 Å². The molecule has 35 heavy (non-hydrogen) atoms. The summed E-state index contributed by atoms with van der Waals surface area (Å²) in [6.45, 7) is 0. The summed E-state index contributed by atoms with van der Waals surface area (Å²) in [7, 11) is 0. The molecule has 2 aliphatic heterocycles. The van der Waals surface area contributed by atoms with Gasteiger partial charge in [0.2, 0.25) is 0 Å². The van der Waals surface area contributed by atoms with Crippen molar-refractivity contribution in [1.82, 2.24) is 0 Å². The van der Waals surface area contributed by atoms with E-state index < -0.39 is 0 Å². The first-order chi connectivity index (χ1) is 17.4. The molecule has 2 heterocycles. The molecule has 4 aromatic carbocycles. The van der Waals surface area contributed by atoms with Crippen LogP contribution in [0, 0.1) is 6.04 Å². The normalized spacial score (nSPS) is 15.6. The quantitative estimate of drug-likeness (QED) is 0.268. The third-order valence-electron chi connectivity index (χ3n) is 6.34. The highest BCUT2D eigenvalue weighted by Crippen LogP contribution is 2.51. The van der Waals surface area contributed by atoms with Crippen molar-refractivity contribution < 1.29 is 9.47 Å². The summed E-state index contributed by atoms with van der Waals surface area (Å²) in [6, 6.07) is 34.1. The van der Waals surface area contributed by atoms with E-state index in [-0.39, 0.29) is 0 Å². The molecule has 0 bridgehead atoms. The third kappa shape index (κ3) is 3.22. The number of hydrogen-bond acceptors (Lipinski definition) is 4. The summed E-state index contributed by atoms with van der Waals surface area (Å²) >= 11 is 0. The lowest BCUT2D eigenvalue weighted by molar-refractivity contribution is 0.409. The number of allylic oxidation sites excluding steroid dienone is 4. The van der Waals surface area contributed by atoms with Crippen molar-refractivity contribution in [1.29, 1.82) is 0 Å². The van der Waals surface area contributed by atoms with Crippen molar-refractivity contribution in [3.05, 3.63) is 139 Å². The molecular weight excluding hydrogens is 432 g/mol. The fourth-order valence-electron chi connectivity index (χ4n) is 4.78. The molecule has 0 atom stereocenters. The van der Waals surface area contributed by atoms with Gasteiger partial charge in [-0.2, -0.15) is 0 Å². The second-order valence-corrected chi connectivity index (χ2v) is 8.45. The van der Waals surface area contributed by atoms with Crippen LogP contribution in [0.2, 0.25) is 0 Å². The van der Waals surface area contributed by atoms with Crippen LogP contribution in [0.1, 0.15) is 0 Å². The zero-order valence-electron chi connectivity index (χ0n) is 18.8. The van der Waals surface area contributed by atoms with Gasteiger partial charge in [0.25, 0.3) is 0 Å². The maximum atomic E-state index is 6.22. The van der Waals surface area contributed by atoms with Crippen LogP contribution in [-0.4, -0.2) is 0 Å². The summed E-state index contributed by atoms with van der Waals surface area (Å²) in [5.74, 6) is 3.36. The minimum Gasteiger partial charge on any atom is -0.457 e. The molecule has 7 rings (SSSR count). The van der Waals surface area contributed by atoms with Crippen LogP contribution in [0.4, 0.5) is 28.4 Å². The van der Waals surface area contributed by atoms with Crippen LogP contribution < -0.4 is 19.3 Å². The fourth-order valence-corrected chi connectivity index (χ4v) is 4.78. The van der Waals surface area contributed by atoms with E-state index in [9.17, 15) is 0 Å². The van der Waals surface area contributed by atoms with Crippen LogP contribution in [0.3, 0.4) is 0 Å². The van der Waals surface area contributed by atoms with Crippen LogP contribution in [0.25, 0.3) is 0 Å². The molecule has 4 aromatic rings. The molecule has 0 N–H and O–H groups in total. The predicted octanol–water partition coefficient (Wildman–Crippen LogP) is 8.33. The van der Waals surface area contributed by atoms with Crippen molar-refractivity contribution in [2.75, 3.05) is 9.80 Å². The van der Waals surface area contributed by atoms with E-state index in [1.54, 1.807) is 0 Å². The first-order valence-electron chi connectivity index (χ1n) is 11.6. The van der Waals surface area contributed by atoms with E-state index in [4.69, 9.17) is 9.47 Å². The average molecular weight is 454 g/mol. The molecule has 1 aliphatic carbocycles. The van der Waals surface area contributed by atoms with Crippen molar-refractivity contribution in [3.63, 3.8) is 0 Å². The van der Waals surface area contributed by atoms with Gasteiger partial charge >= 0.3 is 0 Å². The molecule has 0 saturated heterocycles. The molecule has 4 heteroatoms. The highest BCUT2D eigenvalue weighted by Gasteiger charge is 2.33. The Labute approximate surface area is 204 Å². The van der Waals surface area contributed by atoms with Gasteiger partial charge in [-0.05, 0) is 72.8 Å². The van der Waals surface area contributed by atoms with Gasteiger partial charge in [-0.3, -0.25) is 0 Å². The summed E-state index contributed by atoms with van der Waals surface area (Å²) in [5.41, 5.74) is 5.19. The minimum atomic E-state index is 0.828. The summed E-state index contributed by atoms with van der Waals surface area (Å²) in [6.07, 6.45) is 10.2. The molecule has 0 saturated carbocycles. The van der Waals surface area contributed by atoms with E-state index in [0.717, 1.165) is 57.5 Å². The number of anilines is 5. The molecule has 0 unspecified atom stereocenters. The number of nitrogens with zero attached hydrogens (tertiary/aromatic N) is 2. The Morgan fingerprint density at radius 1 is 0.457 bits per heavy atom. The third-order valence-corrected chi connectivity index (χ3v) is 6.34. The summed E-state index contributed by atoms with van der Waals surface area (Å²) < 4.78 is 12.4. The Kier molecular flexibility index (Phi) is 4.49. The van der Waals surface area contributed by atoms with Crippen molar-refractivity contribution >= 4 is 28.4 Å². The molecule has 1 radical (unpaired) electrons. The lowest BCUT2D eigenvalue weighted by atomic mass is 10.1. The van der Waals surface area contributed by atoms with Crippen LogP contribution in [0.5, 0.6) is 17.2 Å². The van der Waals surface area contributed by atoms with E-state index in [0.29, 0.717) is 0 Å². The summed E-state index contributed by atoms with van der Waals surface area (Å²) in [5, 5.41) is 0. The standard InChI is InChI=1S/C31H21N2O2/c1-2-10-24-28(14-3-1)34-29-15-7-4-11-25(29)32(24)22-18-20-23(21-19-22)33-26-12-5-8-16-30(26)35-31-17-9-6-13-27(31)33/h1-21H. The largest absolute Gasteiger partial charge is 0.457 e. The molecule has 167 valence electrons. The zero-order valence-corrected chi connectivity index (χ0v) is 18.8. The van der Waals surface area contributed by atoms with Gasteiger partial charge in [0.05, 0.1) is 17.1 Å². The second-order valence-electron chi connectivity index (χ2n) is 8.45.